The van der Waals surface area contributed by atoms with Gasteiger partial charge in [-0.2, -0.15) is 11.8 Å². The number of nitro benzene ring substituents is 1. The van der Waals surface area contributed by atoms with E-state index >= 15 is 0 Å². The highest BCUT2D eigenvalue weighted by molar-refractivity contribution is 7.98. The molecule has 2 N–H and O–H groups in total. The lowest BCUT2D eigenvalue weighted by Gasteiger charge is -2.17. The molecular weight excluding hydrogens is 470 g/mol. The number of benzene rings is 1. The molecule has 12 heteroatoms. The first kappa shape index (κ1) is 26.0. The Kier molecular flexibility index (Phi) is 10.0. The van der Waals surface area contributed by atoms with Crippen LogP contribution in [0, 0.1) is 10.1 Å². The molecule has 0 radical (unpaired) electrons. The van der Waals surface area contributed by atoms with E-state index in [1.165, 1.54) is 48.2 Å². The average molecular weight is 494 g/mol. The molecule has 2 aromatic rings. The van der Waals surface area contributed by atoms with Crippen LogP contribution in [0.15, 0.2) is 36.4 Å². The number of non-ortho nitro benzene ring substituents is 1. The number of Topliss-reactive ketones (excluding diaryl/α,β-unsaturated/α-hetero) is 1. The summed E-state index contributed by atoms with van der Waals surface area (Å²) in [5.74, 6) is -1.48. The van der Waals surface area contributed by atoms with Gasteiger partial charge in [-0.15, -0.1) is 11.3 Å². The van der Waals surface area contributed by atoms with Gasteiger partial charge in [-0.1, -0.05) is 6.07 Å². The molecule has 0 fully saturated rings. The lowest BCUT2D eigenvalue weighted by atomic mass is 10.1. The predicted molar refractivity (Wildman–Crippen MR) is 124 cm³/mol. The van der Waals surface area contributed by atoms with Gasteiger partial charge in [0.05, 0.1) is 16.3 Å². The maximum Gasteiger partial charge on any atom is 0.329 e. The maximum absolute atomic E-state index is 12.6. The monoisotopic (exact) mass is 493 g/mol. The Bertz CT molecular complexity index is 1040. The molecule has 2 amide bonds. The van der Waals surface area contributed by atoms with E-state index in [0.717, 1.165) is 10.9 Å². The van der Waals surface area contributed by atoms with Crippen molar-refractivity contribution in [1.82, 2.24) is 10.6 Å². The number of hydrogen-bond acceptors (Lipinski definition) is 9. The van der Waals surface area contributed by atoms with Crippen LogP contribution in [0.2, 0.25) is 0 Å². The minimum atomic E-state index is -1.02. The Hall–Kier alpha value is -3.25. The third kappa shape index (κ3) is 8.31. The Morgan fingerprint density at radius 1 is 1.21 bits per heavy atom. The number of nitrogens with zero attached hydrogens (tertiary/aromatic N) is 1. The fourth-order valence-corrected chi connectivity index (χ4v) is 3.97. The normalized spacial score (nSPS) is 11.3. The van der Waals surface area contributed by atoms with Gasteiger partial charge in [0.25, 0.3) is 11.6 Å². The molecule has 1 heterocycles. The van der Waals surface area contributed by atoms with Crippen LogP contribution < -0.4 is 10.6 Å². The van der Waals surface area contributed by atoms with E-state index in [1.807, 2.05) is 6.26 Å². The smallest absolute Gasteiger partial charge is 0.329 e. The Morgan fingerprint density at radius 2 is 1.97 bits per heavy atom. The lowest BCUT2D eigenvalue weighted by Crippen LogP contribution is -2.42. The van der Waals surface area contributed by atoms with Gasteiger partial charge in [-0.3, -0.25) is 24.5 Å². The standard InChI is InChI=1S/C21H23N3O7S2/c1-13(25)22-11-16-6-7-19(33-16)18(26)12-31-21(28)17(8-9-32-2)23-20(27)14-4-3-5-15(10-14)24(29)30/h3-7,10,17H,8-9,11-12H2,1-2H3,(H,22,25)(H,23,27)/t17-/m0/s1. The van der Waals surface area contributed by atoms with Crippen molar-refractivity contribution in [1.29, 1.82) is 0 Å². The summed E-state index contributed by atoms with van der Waals surface area (Å²) in [7, 11) is 0. The number of nitrogens with one attached hydrogen (secondary N) is 2. The highest BCUT2D eigenvalue weighted by atomic mass is 32.2. The van der Waals surface area contributed by atoms with Crippen LogP contribution in [0.5, 0.6) is 0 Å². The van der Waals surface area contributed by atoms with Crippen LogP contribution in [-0.4, -0.2) is 53.1 Å². The van der Waals surface area contributed by atoms with E-state index in [2.05, 4.69) is 10.6 Å². The van der Waals surface area contributed by atoms with E-state index < -0.39 is 35.2 Å². The average Bonchev–Trinajstić information content (AvgIpc) is 3.27. The number of ether oxygens (including phenoxy) is 1. The van der Waals surface area contributed by atoms with Crippen molar-refractivity contribution in [3.63, 3.8) is 0 Å². The first-order valence-corrected chi connectivity index (χ1v) is 12.0. The van der Waals surface area contributed by atoms with Gasteiger partial charge in [0, 0.05) is 29.5 Å². The van der Waals surface area contributed by atoms with Crippen molar-refractivity contribution in [3.8, 4) is 0 Å². The lowest BCUT2D eigenvalue weighted by molar-refractivity contribution is -0.384. The van der Waals surface area contributed by atoms with Gasteiger partial charge < -0.3 is 15.4 Å². The fraction of sp³-hybridized carbons (Fsp3) is 0.333. The zero-order chi connectivity index (χ0) is 24.4. The molecule has 1 atom stereocenters. The quantitative estimate of drug-likeness (QED) is 0.199. The van der Waals surface area contributed by atoms with Gasteiger partial charge in [-0.05, 0) is 36.6 Å². The van der Waals surface area contributed by atoms with Gasteiger partial charge in [0.2, 0.25) is 11.7 Å². The topological polar surface area (TPSA) is 145 Å². The van der Waals surface area contributed by atoms with Crippen LogP contribution in [0.3, 0.4) is 0 Å². The Balaban J connectivity index is 1.98. The van der Waals surface area contributed by atoms with Crippen LogP contribution >= 0.6 is 23.1 Å². The second-order valence-electron chi connectivity index (χ2n) is 6.82. The fourth-order valence-electron chi connectivity index (χ4n) is 2.63. The van der Waals surface area contributed by atoms with E-state index in [0.29, 0.717) is 17.2 Å². The summed E-state index contributed by atoms with van der Waals surface area (Å²) in [5.41, 5.74) is -0.210. The number of nitro groups is 1. The zero-order valence-electron chi connectivity index (χ0n) is 18.0. The molecule has 1 aromatic carbocycles. The molecule has 0 aliphatic rings. The zero-order valence-corrected chi connectivity index (χ0v) is 19.6. The number of hydrogen-bond donors (Lipinski definition) is 2. The third-order valence-corrected chi connectivity index (χ3v) is 6.08. The number of ketones is 1. The summed E-state index contributed by atoms with van der Waals surface area (Å²) in [5, 5.41) is 16.1. The highest BCUT2D eigenvalue weighted by Gasteiger charge is 2.24. The van der Waals surface area contributed by atoms with E-state index in [-0.39, 0.29) is 23.6 Å². The van der Waals surface area contributed by atoms with Gasteiger partial charge >= 0.3 is 5.97 Å². The molecule has 176 valence electrons. The van der Waals surface area contributed by atoms with E-state index in [4.69, 9.17) is 4.74 Å². The number of thioether (sulfide) groups is 1. The first-order valence-electron chi connectivity index (χ1n) is 9.78. The number of thiophene rings is 1. The van der Waals surface area contributed by atoms with Crippen LogP contribution in [0.1, 0.15) is 38.3 Å². The predicted octanol–water partition coefficient (Wildman–Crippen LogP) is 2.57. The summed E-state index contributed by atoms with van der Waals surface area (Å²) < 4.78 is 5.14. The van der Waals surface area contributed by atoms with E-state index in [1.54, 1.807) is 12.1 Å². The van der Waals surface area contributed by atoms with Crippen LogP contribution in [-0.2, 0) is 20.9 Å². The van der Waals surface area contributed by atoms with Crippen molar-refractivity contribution in [2.75, 3.05) is 18.6 Å². The number of amides is 2. The molecule has 0 spiro atoms. The van der Waals surface area contributed by atoms with Crippen molar-refractivity contribution in [3.05, 3.63) is 61.8 Å². The Morgan fingerprint density at radius 3 is 2.64 bits per heavy atom. The first-order chi connectivity index (χ1) is 15.7. The number of carbonyl (C=O) groups excluding carboxylic acids is 4. The molecule has 0 bridgehead atoms. The van der Waals surface area contributed by atoms with Gasteiger partial charge in [0.1, 0.15) is 6.04 Å². The van der Waals surface area contributed by atoms with Crippen molar-refractivity contribution in [2.45, 2.75) is 25.9 Å². The van der Waals surface area contributed by atoms with Crippen LogP contribution in [0.4, 0.5) is 5.69 Å². The SMILES string of the molecule is CSCC[C@H](NC(=O)c1cccc([N+](=O)[O-])c1)C(=O)OCC(=O)c1ccc(CNC(C)=O)s1. The molecule has 0 aliphatic heterocycles. The van der Waals surface area contributed by atoms with E-state index in [9.17, 15) is 29.3 Å². The summed E-state index contributed by atoms with van der Waals surface area (Å²) in [6.07, 6.45) is 2.10. The molecule has 0 saturated heterocycles. The highest BCUT2D eigenvalue weighted by Crippen LogP contribution is 2.18. The van der Waals surface area contributed by atoms with Crippen molar-refractivity contribution < 1.29 is 28.8 Å². The molecule has 2 rings (SSSR count). The molecule has 10 nitrogen and oxygen atoms in total. The third-order valence-electron chi connectivity index (χ3n) is 4.31. The number of carbonyl (C=O) groups is 4. The van der Waals surface area contributed by atoms with Gasteiger partial charge in [-0.25, -0.2) is 4.79 Å². The largest absolute Gasteiger partial charge is 0.456 e. The number of rotatable bonds is 12. The molecule has 33 heavy (non-hydrogen) atoms. The van der Waals surface area contributed by atoms with Crippen LogP contribution in [0.25, 0.3) is 0 Å². The van der Waals surface area contributed by atoms with Crippen molar-refractivity contribution in [2.24, 2.45) is 0 Å². The van der Waals surface area contributed by atoms with Crippen molar-refractivity contribution >= 4 is 52.4 Å². The minimum Gasteiger partial charge on any atom is -0.456 e. The summed E-state index contributed by atoms with van der Waals surface area (Å²) >= 11 is 2.65. The minimum absolute atomic E-state index is 0.0347. The molecule has 0 unspecified atom stereocenters. The number of esters is 1. The maximum atomic E-state index is 12.6. The summed E-state index contributed by atoms with van der Waals surface area (Å²) in [4.78, 5) is 59.9. The Labute approximate surface area is 198 Å². The van der Waals surface area contributed by atoms with Gasteiger partial charge in [0.15, 0.2) is 6.61 Å². The summed E-state index contributed by atoms with van der Waals surface area (Å²) in [6, 6.07) is 7.43. The molecule has 0 aliphatic carbocycles. The summed E-state index contributed by atoms with van der Waals surface area (Å²) in [6.45, 7) is 1.19. The molecule has 0 saturated carbocycles. The molecular formula is C21H23N3O7S2. The second kappa shape index (κ2) is 12.7. The second-order valence-corrected chi connectivity index (χ2v) is 8.98. The molecule has 1 aromatic heterocycles.